The summed E-state index contributed by atoms with van der Waals surface area (Å²) >= 11 is 0. The molecule has 0 aromatic rings. The highest BCUT2D eigenvalue weighted by Gasteiger charge is 2.15. The summed E-state index contributed by atoms with van der Waals surface area (Å²) in [5, 5.41) is 0. The lowest BCUT2D eigenvalue weighted by Gasteiger charge is -2.22. The second kappa shape index (κ2) is 7.39. The fraction of sp³-hybridized carbons (Fsp3) is 0.733. The van der Waals surface area contributed by atoms with Gasteiger partial charge in [-0.05, 0) is 31.3 Å². The number of ether oxygens (including phenoxy) is 1. The molecule has 1 rings (SSSR count). The van der Waals surface area contributed by atoms with Gasteiger partial charge in [0.15, 0.2) is 6.10 Å². The van der Waals surface area contributed by atoms with Gasteiger partial charge in [0.05, 0.1) is 5.76 Å². The topological polar surface area (TPSA) is 9.23 Å². The Morgan fingerprint density at radius 3 is 3.00 bits per heavy atom. The maximum Gasteiger partial charge on any atom is 0.158 e. The van der Waals surface area contributed by atoms with Crippen molar-refractivity contribution in [2.24, 2.45) is 5.92 Å². The normalized spacial score (nSPS) is 22.8. The highest BCUT2D eigenvalue weighted by atomic mass is 16.5. The molecule has 0 N–H and O–H groups in total. The van der Waals surface area contributed by atoms with E-state index in [0.29, 0.717) is 5.92 Å². The Morgan fingerprint density at radius 1 is 1.50 bits per heavy atom. The summed E-state index contributed by atoms with van der Waals surface area (Å²) < 4.78 is 5.86. The Bertz CT molecular complexity index is 278. The molecule has 1 nitrogen and oxygen atoms in total. The third-order valence-electron chi connectivity index (χ3n) is 2.62. The van der Waals surface area contributed by atoms with Crippen molar-refractivity contribution in [2.45, 2.75) is 65.4 Å². The highest BCUT2D eigenvalue weighted by molar-refractivity contribution is 5.10. The van der Waals surface area contributed by atoms with Gasteiger partial charge in [0.2, 0.25) is 0 Å². The van der Waals surface area contributed by atoms with Crippen LogP contribution in [0.15, 0.2) is 11.8 Å². The van der Waals surface area contributed by atoms with Crippen molar-refractivity contribution >= 4 is 0 Å². The summed E-state index contributed by atoms with van der Waals surface area (Å²) in [7, 11) is 0. The van der Waals surface area contributed by atoms with Gasteiger partial charge in [-0.3, -0.25) is 0 Å². The fourth-order valence-corrected chi connectivity index (χ4v) is 1.81. The molecule has 0 saturated carbocycles. The predicted molar refractivity (Wildman–Crippen MR) is 68.9 cm³/mol. The molecule has 90 valence electrons. The maximum absolute atomic E-state index is 5.86. The molecule has 0 radical (unpaired) electrons. The van der Waals surface area contributed by atoms with Crippen molar-refractivity contribution in [1.82, 2.24) is 0 Å². The van der Waals surface area contributed by atoms with Crippen molar-refractivity contribution in [3.05, 3.63) is 11.8 Å². The molecule has 0 bridgehead atoms. The van der Waals surface area contributed by atoms with E-state index < -0.39 is 0 Å². The van der Waals surface area contributed by atoms with Crippen molar-refractivity contribution in [1.29, 1.82) is 0 Å². The summed E-state index contributed by atoms with van der Waals surface area (Å²) in [5.74, 6) is 8.19. The van der Waals surface area contributed by atoms with Crippen LogP contribution < -0.4 is 0 Å². The molecule has 1 heterocycles. The first-order valence-corrected chi connectivity index (χ1v) is 6.58. The molecule has 1 atom stereocenters. The van der Waals surface area contributed by atoms with Gasteiger partial charge < -0.3 is 4.74 Å². The Labute approximate surface area is 100 Å². The smallest absolute Gasteiger partial charge is 0.158 e. The minimum Gasteiger partial charge on any atom is -0.482 e. The van der Waals surface area contributed by atoms with E-state index in [9.17, 15) is 0 Å². The van der Waals surface area contributed by atoms with Crippen molar-refractivity contribution in [3.8, 4) is 11.8 Å². The van der Waals surface area contributed by atoms with Crippen LogP contribution in [-0.2, 0) is 4.74 Å². The van der Waals surface area contributed by atoms with Crippen LogP contribution in [0.3, 0.4) is 0 Å². The van der Waals surface area contributed by atoms with Crippen LogP contribution in [0.4, 0.5) is 0 Å². The molecule has 1 aliphatic rings. The van der Waals surface area contributed by atoms with Crippen LogP contribution in [0.5, 0.6) is 0 Å². The Kier molecular flexibility index (Phi) is 6.08. The van der Waals surface area contributed by atoms with Gasteiger partial charge in [0, 0.05) is 12.8 Å². The summed E-state index contributed by atoms with van der Waals surface area (Å²) in [6.45, 7) is 6.57. The summed E-state index contributed by atoms with van der Waals surface area (Å²) in [6.07, 6.45) is 9.20. The molecule has 0 aromatic carbocycles. The van der Waals surface area contributed by atoms with Crippen LogP contribution in [0, 0.1) is 17.8 Å². The first-order chi connectivity index (χ1) is 7.72. The number of hydrogen-bond donors (Lipinski definition) is 0. The molecular weight excluding hydrogens is 196 g/mol. The second-order valence-electron chi connectivity index (χ2n) is 4.80. The zero-order valence-electron chi connectivity index (χ0n) is 10.9. The summed E-state index contributed by atoms with van der Waals surface area (Å²) in [5.41, 5.74) is 0. The quantitative estimate of drug-likeness (QED) is 0.509. The van der Waals surface area contributed by atoms with E-state index in [4.69, 9.17) is 4.74 Å². The van der Waals surface area contributed by atoms with Gasteiger partial charge in [-0.2, -0.15) is 0 Å². The summed E-state index contributed by atoms with van der Waals surface area (Å²) in [6, 6.07) is 0. The van der Waals surface area contributed by atoms with E-state index in [1.54, 1.807) is 0 Å². The highest BCUT2D eigenvalue weighted by Crippen LogP contribution is 2.22. The van der Waals surface area contributed by atoms with Crippen LogP contribution in [0.25, 0.3) is 0 Å². The predicted octanol–water partition coefficient (Wildman–Crippen LogP) is 4.29. The van der Waals surface area contributed by atoms with Crippen LogP contribution in [0.2, 0.25) is 0 Å². The molecule has 1 fully saturated rings. The van der Waals surface area contributed by atoms with Crippen LogP contribution in [0.1, 0.15) is 59.3 Å². The van der Waals surface area contributed by atoms with Crippen molar-refractivity contribution < 1.29 is 4.74 Å². The lowest BCUT2D eigenvalue weighted by molar-refractivity contribution is 0.114. The van der Waals surface area contributed by atoms with Gasteiger partial charge in [0.1, 0.15) is 0 Å². The minimum absolute atomic E-state index is 0.149. The number of rotatable bonds is 3. The number of hydrogen-bond acceptors (Lipinski definition) is 1. The van der Waals surface area contributed by atoms with E-state index in [1.807, 2.05) is 0 Å². The average molecular weight is 220 g/mol. The first kappa shape index (κ1) is 13.2. The van der Waals surface area contributed by atoms with Crippen LogP contribution >= 0.6 is 0 Å². The summed E-state index contributed by atoms with van der Waals surface area (Å²) in [4.78, 5) is 0. The standard InChI is InChI=1S/C15H24O/c1-4-5-6-7-9-14-10-8-11-15(16-14)12-13(2)3/h12-14H,4-6,8,10-11H2,1-3H3/b15-12+. The van der Waals surface area contributed by atoms with Gasteiger partial charge in [-0.15, -0.1) is 0 Å². The number of allylic oxidation sites excluding steroid dienone is 2. The van der Waals surface area contributed by atoms with E-state index in [1.165, 1.54) is 19.3 Å². The number of unbranched alkanes of at least 4 members (excludes halogenated alkanes) is 2. The monoisotopic (exact) mass is 220 g/mol. The van der Waals surface area contributed by atoms with Crippen molar-refractivity contribution in [2.75, 3.05) is 0 Å². The maximum atomic E-state index is 5.86. The van der Waals surface area contributed by atoms with E-state index in [0.717, 1.165) is 25.0 Å². The van der Waals surface area contributed by atoms with Gasteiger partial charge in [-0.1, -0.05) is 39.0 Å². The molecule has 1 heteroatoms. The Morgan fingerprint density at radius 2 is 2.31 bits per heavy atom. The largest absolute Gasteiger partial charge is 0.482 e. The van der Waals surface area contributed by atoms with Gasteiger partial charge in [0.25, 0.3) is 0 Å². The SMILES string of the molecule is CCCCC#CC1CCC/C(=C\C(C)C)O1. The zero-order chi connectivity index (χ0) is 11.8. The van der Waals surface area contributed by atoms with Gasteiger partial charge >= 0.3 is 0 Å². The van der Waals surface area contributed by atoms with Crippen molar-refractivity contribution in [3.63, 3.8) is 0 Å². The van der Waals surface area contributed by atoms with E-state index in [-0.39, 0.29) is 6.10 Å². The van der Waals surface area contributed by atoms with Crippen LogP contribution in [-0.4, -0.2) is 6.10 Å². The molecule has 1 unspecified atom stereocenters. The Hall–Kier alpha value is -0.900. The third-order valence-corrected chi connectivity index (χ3v) is 2.62. The molecule has 0 aliphatic carbocycles. The molecule has 0 spiro atoms. The minimum atomic E-state index is 0.149. The average Bonchev–Trinajstić information content (AvgIpc) is 2.24. The molecule has 1 aliphatic heterocycles. The molecule has 16 heavy (non-hydrogen) atoms. The molecular formula is C15H24O. The zero-order valence-corrected chi connectivity index (χ0v) is 10.9. The van der Waals surface area contributed by atoms with E-state index in [2.05, 4.69) is 38.7 Å². The first-order valence-electron chi connectivity index (χ1n) is 6.58. The van der Waals surface area contributed by atoms with E-state index >= 15 is 0 Å². The third kappa shape index (κ3) is 5.26. The fourth-order valence-electron chi connectivity index (χ4n) is 1.81. The molecule has 0 aromatic heterocycles. The molecule has 1 saturated heterocycles. The Balaban J connectivity index is 2.40. The molecule has 0 amide bonds. The van der Waals surface area contributed by atoms with Gasteiger partial charge in [-0.25, -0.2) is 0 Å². The lowest BCUT2D eigenvalue weighted by atomic mass is 10.0. The lowest BCUT2D eigenvalue weighted by Crippen LogP contribution is -2.16. The second-order valence-corrected chi connectivity index (χ2v) is 4.80.